The van der Waals surface area contributed by atoms with Crippen molar-refractivity contribution in [1.82, 2.24) is 9.29 Å². The molecular weight excluding hydrogens is 359 g/mol. The molecule has 0 saturated carbocycles. The summed E-state index contributed by atoms with van der Waals surface area (Å²) in [6.45, 7) is 0. The van der Waals surface area contributed by atoms with Crippen LogP contribution < -0.4 is 5.32 Å². The van der Waals surface area contributed by atoms with Crippen molar-refractivity contribution in [3.8, 4) is 0 Å². The summed E-state index contributed by atoms with van der Waals surface area (Å²) >= 11 is 0. The molecule has 0 aliphatic heterocycles. The number of nitrogens with zero attached hydrogens (tertiary/aromatic N) is 2. The molecule has 0 aliphatic rings. The van der Waals surface area contributed by atoms with Gasteiger partial charge < -0.3 is 5.32 Å². The van der Waals surface area contributed by atoms with Crippen molar-refractivity contribution in [1.29, 1.82) is 0 Å². The van der Waals surface area contributed by atoms with Gasteiger partial charge in [0.15, 0.2) is 0 Å². The second kappa shape index (κ2) is 6.81. The monoisotopic (exact) mass is 373 g/mol. The molecule has 10 heteroatoms. The number of halogens is 3. The van der Waals surface area contributed by atoms with Crippen LogP contribution in [-0.2, 0) is 16.2 Å². The molecule has 0 spiro atoms. The van der Waals surface area contributed by atoms with Crippen LogP contribution in [-0.4, -0.2) is 37.7 Å². The Bertz CT molecular complexity index is 879. The van der Waals surface area contributed by atoms with Crippen molar-refractivity contribution in [2.45, 2.75) is 11.1 Å². The topological polar surface area (TPSA) is 79.4 Å². The van der Waals surface area contributed by atoms with Gasteiger partial charge in [-0.05, 0) is 30.3 Å². The van der Waals surface area contributed by atoms with Crippen LogP contribution >= 0.6 is 0 Å². The molecule has 134 valence electrons. The van der Waals surface area contributed by atoms with Gasteiger partial charge in [0.05, 0.1) is 10.5 Å². The molecule has 1 N–H and O–H groups in total. The molecule has 2 aromatic rings. The third kappa shape index (κ3) is 4.34. The van der Waals surface area contributed by atoms with Crippen molar-refractivity contribution < 1.29 is 26.4 Å². The third-order valence-corrected chi connectivity index (χ3v) is 5.00. The number of hydrogen-bond donors (Lipinski definition) is 1. The van der Waals surface area contributed by atoms with E-state index in [9.17, 15) is 26.4 Å². The average Bonchev–Trinajstić information content (AvgIpc) is 2.54. The number of rotatable bonds is 4. The molecular formula is C15H14F3N3O3S. The van der Waals surface area contributed by atoms with E-state index in [1.165, 1.54) is 38.4 Å². The van der Waals surface area contributed by atoms with E-state index in [1.54, 1.807) is 0 Å². The number of nitrogens with one attached hydrogen (secondary N) is 1. The number of hydrogen-bond acceptors (Lipinski definition) is 4. The van der Waals surface area contributed by atoms with Crippen molar-refractivity contribution in [3.63, 3.8) is 0 Å². The zero-order chi connectivity index (χ0) is 18.8. The summed E-state index contributed by atoms with van der Waals surface area (Å²) in [7, 11) is -0.938. The van der Waals surface area contributed by atoms with Gasteiger partial charge in [0.2, 0.25) is 10.0 Å². The Balaban J connectivity index is 2.21. The highest BCUT2D eigenvalue weighted by Crippen LogP contribution is 2.27. The first-order chi connectivity index (χ1) is 11.5. The molecule has 1 heterocycles. The Morgan fingerprint density at radius 2 is 1.84 bits per heavy atom. The van der Waals surface area contributed by atoms with Gasteiger partial charge in [-0.15, -0.1) is 0 Å². The standard InChI is InChI=1S/C15H14F3N3O3S/c1-21(2)25(23,24)12-5-3-4-11(8-12)20-14(22)10-6-7-13(19-9-10)15(16,17)18/h3-9H,1-2H3,(H,20,22). The lowest BCUT2D eigenvalue weighted by Crippen LogP contribution is -2.22. The summed E-state index contributed by atoms with van der Waals surface area (Å²) in [5.74, 6) is -0.708. The van der Waals surface area contributed by atoms with E-state index in [4.69, 9.17) is 0 Å². The highest BCUT2D eigenvalue weighted by molar-refractivity contribution is 7.89. The number of anilines is 1. The second-order valence-corrected chi connectivity index (χ2v) is 7.35. The fraction of sp³-hybridized carbons (Fsp3) is 0.200. The Labute approximate surface area is 142 Å². The van der Waals surface area contributed by atoms with Crippen molar-refractivity contribution in [2.75, 3.05) is 19.4 Å². The van der Waals surface area contributed by atoms with Crippen LogP contribution in [0.25, 0.3) is 0 Å². The molecule has 0 fully saturated rings. The smallest absolute Gasteiger partial charge is 0.322 e. The molecule has 1 aromatic carbocycles. The first-order valence-corrected chi connectivity index (χ1v) is 8.33. The number of pyridine rings is 1. The minimum absolute atomic E-state index is 0.0270. The predicted molar refractivity (Wildman–Crippen MR) is 84.5 cm³/mol. The Kier molecular flexibility index (Phi) is 5.14. The molecule has 0 unspecified atom stereocenters. The summed E-state index contributed by atoms with van der Waals surface area (Å²) in [4.78, 5) is 15.3. The van der Waals surface area contributed by atoms with Crippen LogP contribution in [0.3, 0.4) is 0 Å². The van der Waals surface area contributed by atoms with E-state index in [2.05, 4.69) is 10.3 Å². The van der Waals surface area contributed by atoms with Crippen LogP contribution in [0.5, 0.6) is 0 Å². The fourth-order valence-electron chi connectivity index (χ4n) is 1.84. The minimum Gasteiger partial charge on any atom is -0.322 e. The lowest BCUT2D eigenvalue weighted by molar-refractivity contribution is -0.141. The van der Waals surface area contributed by atoms with Gasteiger partial charge in [-0.3, -0.25) is 9.78 Å². The molecule has 0 saturated heterocycles. The van der Waals surface area contributed by atoms with E-state index in [-0.39, 0.29) is 16.1 Å². The van der Waals surface area contributed by atoms with Crippen LogP contribution in [0.15, 0.2) is 47.5 Å². The number of alkyl halides is 3. The van der Waals surface area contributed by atoms with Gasteiger partial charge in [-0.1, -0.05) is 6.07 Å². The molecule has 0 aliphatic carbocycles. The highest BCUT2D eigenvalue weighted by atomic mass is 32.2. The van der Waals surface area contributed by atoms with Crippen molar-refractivity contribution >= 4 is 21.6 Å². The summed E-state index contributed by atoms with van der Waals surface area (Å²) in [6, 6.07) is 7.21. The Morgan fingerprint density at radius 1 is 1.16 bits per heavy atom. The SMILES string of the molecule is CN(C)S(=O)(=O)c1cccc(NC(=O)c2ccc(C(F)(F)F)nc2)c1. The number of carbonyl (C=O) groups is 1. The number of carbonyl (C=O) groups excluding carboxylic acids is 1. The number of amides is 1. The zero-order valence-electron chi connectivity index (χ0n) is 13.2. The molecule has 2 rings (SSSR count). The summed E-state index contributed by atoms with van der Waals surface area (Å²) in [5.41, 5.74) is -1.01. The van der Waals surface area contributed by atoms with Crippen molar-refractivity contribution in [3.05, 3.63) is 53.9 Å². The van der Waals surface area contributed by atoms with Gasteiger partial charge >= 0.3 is 6.18 Å². The van der Waals surface area contributed by atoms with Crippen LogP contribution in [0.4, 0.5) is 18.9 Å². The van der Waals surface area contributed by atoms with Gasteiger partial charge in [0.1, 0.15) is 5.69 Å². The molecule has 0 atom stereocenters. The number of sulfonamides is 1. The van der Waals surface area contributed by atoms with Gasteiger partial charge in [-0.25, -0.2) is 12.7 Å². The summed E-state index contributed by atoms with van der Waals surface area (Å²) in [5, 5.41) is 2.42. The fourth-order valence-corrected chi connectivity index (χ4v) is 2.79. The van der Waals surface area contributed by atoms with Crippen molar-refractivity contribution in [2.24, 2.45) is 0 Å². The highest BCUT2D eigenvalue weighted by Gasteiger charge is 2.32. The van der Waals surface area contributed by atoms with Crippen LogP contribution in [0.2, 0.25) is 0 Å². The first kappa shape index (κ1) is 18.9. The van der Waals surface area contributed by atoms with Gasteiger partial charge in [-0.2, -0.15) is 13.2 Å². The summed E-state index contributed by atoms with van der Waals surface area (Å²) in [6.07, 6.45) is -3.79. The lowest BCUT2D eigenvalue weighted by Gasteiger charge is -2.13. The Morgan fingerprint density at radius 3 is 2.36 bits per heavy atom. The molecule has 1 aromatic heterocycles. The molecule has 0 radical (unpaired) electrons. The molecule has 6 nitrogen and oxygen atoms in total. The number of benzene rings is 1. The first-order valence-electron chi connectivity index (χ1n) is 6.89. The number of aromatic nitrogens is 1. The Hall–Kier alpha value is -2.46. The largest absolute Gasteiger partial charge is 0.433 e. The van der Waals surface area contributed by atoms with E-state index in [0.717, 1.165) is 16.6 Å². The van der Waals surface area contributed by atoms with E-state index < -0.39 is 27.8 Å². The molecule has 1 amide bonds. The average molecular weight is 373 g/mol. The van der Waals surface area contributed by atoms with E-state index >= 15 is 0 Å². The van der Waals surface area contributed by atoms with Crippen LogP contribution in [0.1, 0.15) is 16.1 Å². The lowest BCUT2D eigenvalue weighted by atomic mass is 10.2. The molecule has 0 bridgehead atoms. The van der Waals surface area contributed by atoms with Gasteiger partial charge in [0.25, 0.3) is 5.91 Å². The third-order valence-electron chi connectivity index (χ3n) is 3.19. The normalized spacial score (nSPS) is 12.2. The maximum atomic E-state index is 12.5. The maximum Gasteiger partial charge on any atom is 0.433 e. The molecule has 25 heavy (non-hydrogen) atoms. The van der Waals surface area contributed by atoms with Crippen LogP contribution in [0, 0.1) is 0 Å². The minimum atomic E-state index is -4.59. The maximum absolute atomic E-state index is 12.5. The van der Waals surface area contributed by atoms with E-state index in [1.807, 2.05) is 0 Å². The predicted octanol–water partition coefficient (Wildman–Crippen LogP) is 2.60. The quantitative estimate of drug-likeness (QED) is 0.894. The summed E-state index contributed by atoms with van der Waals surface area (Å²) < 4.78 is 62.6. The zero-order valence-corrected chi connectivity index (χ0v) is 14.0. The second-order valence-electron chi connectivity index (χ2n) is 5.20. The van der Waals surface area contributed by atoms with E-state index in [0.29, 0.717) is 6.07 Å². The van der Waals surface area contributed by atoms with Gasteiger partial charge in [0, 0.05) is 26.0 Å².